The smallest absolute Gasteiger partial charge is 0.305 e. The lowest BCUT2D eigenvalue weighted by molar-refractivity contribution is -0.141. The third-order valence-electron chi connectivity index (χ3n) is 4.36. The number of methoxy groups -OCH3 is 1. The van der Waals surface area contributed by atoms with Crippen molar-refractivity contribution in [3.63, 3.8) is 0 Å². The number of ether oxygens (including phenoxy) is 1. The number of carboxylic acid groups (broad SMARTS) is 1. The van der Waals surface area contributed by atoms with Crippen molar-refractivity contribution < 1.29 is 19.4 Å². The Kier molecular flexibility index (Phi) is 4.80. The summed E-state index contributed by atoms with van der Waals surface area (Å²) in [5.74, 6) is -0.602. The van der Waals surface area contributed by atoms with E-state index in [0.717, 1.165) is 25.7 Å². The van der Waals surface area contributed by atoms with Crippen LogP contribution in [0, 0.1) is 5.92 Å². The van der Waals surface area contributed by atoms with Gasteiger partial charge in [0.25, 0.3) is 0 Å². The van der Waals surface area contributed by atoms with E-state index >= 15 is 0 Å². The summed E-state index contributed by atoms with van der Waals surface area (Å²) < 4.78 is 5.30. The second-order valence-corrected chi connectivity index (χ2v) is 5.67. The number of hydrogen-bond acceptors (Lipinski definition) is 3. The zero-order valence-electron chi connectivity index (χ0n) is 11.5. The highest BCUT2D eigenvalue weighted by Crippen LogP contribution is 2.30. The van der Waals surface area contributed by atoms with Crippen LogP contribution in [0.4, 0.5) is 0 Å². The van der Waals surface area contributed by atoms with Gasteiger partial charge in [0, 0.05) is 25.6 Å². The predicted octanol–water partition coefficient (Wildman–Crippen LogP) is 1.66. The van der Waals surface area contributed by atoms with E-state index in [4.69, 9.17) is 9.84 Å². The average Bonchev–Trinajstić information content (AvgIpc) is 2.81. The summed E-state index contributed by atoms with van der Waals surface area (Å²) in [6.45, 7) is 0.545. The van der Waals surface area contributed by atoms with Gasteiger partial charge in [-0.05, 0) is 19.3 Å². The molecule has 5 nitrogen and oxygen atoms in total. The minimum absolute atomic E-state index is 0.0168. The van der Waals surface area contributed by atoms with Crippen LogP contribution < -0.4 is 0 Å². The van der Waals surface area contributed by atoms with Crippen LogP contribution in [0.1, 0.15) is 44.9 Å². The zero-order chi connectivity index (χ0) is 13.8. The molecule has 2 rings (SSSR count). The third-order valence-corrected chi connectivity index (χ3v) is 4.36. The van der Waals surface area contributed by atoms with Crippen molar-refractivity contribution in [1.29, 1.82) is 0 Å². The molecule has 0 spiro atoms. The Morgan fingerprint density at radius 2 is 1.95 bits per heavy atom. The van der Waals surface area contributed by atoms with Crippen molar-refractivity contribution >= 4 is 11.9 Å². The first-order valence-corrected chi connectivity index (χ1v) is 7.17. The number of aliphatic carboxylic acids is 1. The molecule has 1 saturated heterocycles. The number of carboxylic acids is 1. The Bertz CT molecular complexity index is 338. The van der Waals surface area contributed by atoms with E-state index in [1.165, 1.54) is 6.42 Å². The van der Waals surface area contributed by atoms with E-state index < -0.39 is 5.97 Å². The van der Waals surface area contributed by atoms with Gasteiger partial charge in [-0.15, -0.1) is 0 Å². The van der Waals surface area contributed by atoms with E-state index in [-0.39, 0.29) is 30.4 Å². The van der Waals surface area contributed by atoms with Gasteiger partial charge >= 0.3 is 5.97 Å². The molecule has 1 heterocycles. The number of rotatable bonds is 4. The van der Waals surface area contributed by atoms with E-state index in [1.807, 2.05) is 0 Å². The van der Waals surface area contributed by atoms with Gasteiger partial charge in [-0.25, -0.2) is 0 Å². The molecule has 0 bridgehead atoms. The van der Waals surface area contributed by atoms with Gasteiger partial charge < -0.3 is 14.7 Å². The van der Waals surface area contributed by atoms with Gasteiger partial charge in [-0.1, -0.05) is 19.3 Å². The molecule has 2 atom stereocenters. The van der Waals surface area contributed by atoms with Crippen molar-refractivity contribution in [2.24, 2.45) is 5.92 Å². The molecule has 1 aliphatic heterocycles. The number of hydrogen-bond donors (Lipinski definition) is 1. The summed E-state index contributed by atoms with van der Waals surface area (Å²) in [5, 5.41) is 8.96. The Morgan fingerprint density at radius 3 is 2.53 bits per heavy atom. The van der Waals surface area contributed by atoms with Crippen LogP contribution >= 0.6 is 0 Å². The summed E-state index contributed by atoms with van der Waals surface area (Å²) in [6, 6.07) is -0.197. The molecule has 19 heavy (non-hydrogen) atoms. The quantitative estimate of drug-likeness (QED) is 0.843. The Labute approximate surface area is 113 Å². The highest BCUT2D eigenvalue weighted by atomic mass is 16.5. The van der Waals surface area contributed by atoms with Crippen molar-refractivity contribution in [1.82, 2.24) is 4.90 Å². The van der Waals surface area contributed by atoms with E-state index in [0.29, 0.717) is 13.0 Å². The molecule has 2 aliphatic rings. The number of amides is 1. The second-order valence-electron chi connectivity index (χ2n) is 5.67. The largest absolute Gasteiger partial charge is 0.481 e. The molecule has 1 N–H and O–H groups in total. The summed E-state index contributed by atoms with van der Waals surface area (Å²) in [7, 11) is 1.62. The summed E-state index contributed by atoms with van der Waals surface area (Å²) in [6.07, 6.45) is 5.99. The van der Waals surface area contributed by atoms with Crippen molar-refractivity contribution in [2.45, 2.75) is 57.1 Å². The molecule has 2 fully saturated rings. The monoisotopic (exact) mass is 269 g/mol. The van der Waals surface area contributed by atoms with Crippen LogP contribution in [0.5, 0.6) is 0 Å². The molecular formula is C14H23NO4. The van der Waals surface area contributed by atoms with Gasteiger partial charge in [0.2, 0.25) is 5.91 Å². The van der Waals surface area contributed by atoms with Crippen LogP contribution in [-0.4, -0.2) is 47.7 Å². The van der Waals surface area contributed by atoms with E-state index in [2.05, 4.69) is 0 Å². The average molecular weight is 269 g/mol. The fourth-order valence-electron chi connectivity index (χ4n) is 3.29. The van der Waals surface area contributed by atoms with Crippen molar-refractivity contribution in [3.8, 4) is 0 Å². The van der Waals surface area contributed by atoms with Crippen molar-refractivity contribution in [2.75, 3.05) is 13.7 Å². The molecule has 1 saturated carbocycles. The highest BCUT2D eigenvalue weighted by molar-refractivity contribution is 5.80. The second kappa shape index (κ2) is 6.37. The fourth-order valence-corrected chi connectivity index (χ4v) is 3.29. The third kappa shape index (κ3) is 3.47. The van der Waals surface area contributed by atoms with Gasteiger partial charge in [0.15, 0.2) is 0 Å². The summed E-state index contributed by atoms with van der Waals surface area (Å²) in [5.41, 5.74) is 0. The molecule has 5 heteroatoms. The zero-order valence-corrected chi connectivity index (χ0v) is 11.5. The van der Waals surface area contributed by atoms with E-state index in [9.17, 15) is 9.59 Å². The first kappa shape index (κ1) is 14.3. The number of likely N-dealkylation sites (tertiary alicyclic amines) is 1. The number of carbonyl (C=O) groups is 2. The summed E-state index contributed by atoms with van der Waals surface area (Å²) >= 11 is 0. The van der Waals surface area contributed by atoms with Gasteiger partial charge in [0.1, 0.15) is 0 Å². The van der Waals surface area contributed by atoms with Gasteiger partial charge in [-0.2, -0.15) is 0 Å². The first-order chi connectivity index (χ1) is 9.11. The Balaban J connectivity index is 2.01. The van der Waals surface area contributed by atoms with Crippen LogP contribution in [0.25, 0.3) is 0 Å². The predicted molar refractivity (Wildman–Crippen MR) is 69.7 cm³/mol. The van der Waals surface area contributed by atoms with Crippen molar-refractivity contribution in [3.05, 3.63) is 0 Å². The van der Waals surface area contributed by atoms with Crippen LogP contribution in [0.3, 0.4) is 0 Å². The normalized spacial score (nSPS) is 28.6. The molecule has 108 valence electrons. The molecule has 0 aromatic heterocycles. The molecule has 0 aromatic rings. The number of carbonyl (C=O) groups excluding carboxylic acids is 1. The minimum atomic E-state index is -0.844. The lowest BCUT2D eigenvalue weighted by Gasteiger charge is -2.29. The van der Waals surface area contributed by atoms with Gasteiger partial charge in [-0.3, -0.25) is 9.59 Å². The maximum absolute atomic E-state index is 12.5. The fraction of sp³-hybridized carbons (Fsp3) is 0.857. The Hall–Kier alpha value is -1.10. The van der Waals surface area contributed by atoms with Crippen LogP contribution in [0.2, 0.25) is 0 Å². The van der Waals surface area contributed by atoms with Crippen LogP contribution in [0.15, 0.2) is 0 Å². The Morgan fingerprint density at radius 1 is 1.26 bits per heavy atom. The standard InChI is InChI=1S/C14H23NO4/c1-19-12-7-11(8-13(16)17)15(9-12)14(18)10-5-3-2-4-6-10/h10-12H,2-9H2,1H3,(H,16,17). The lowest BCUT2D eigenvalue weighted by atomic mass is 9.88. The molecule has 2 unspecified atom stereocenters. The molecular weight excluding hydrogens is 246 g/mol. The molecule has 1 amide bonds. The molecule has 0 aromatic carbocycles. The maximum atomic E-state index is 12.5. The van der Waals surface area contributed by atoms with Crippen LogP contribution in [-0.2, 0) is 14.3 Å². The first-order valence-electron chi connectivity index (χ1n) is 7.17. The van der Waals surface area contributed by atoms with E-state index in [1.54, 1.807) is 12.0 Å². The molecule has 0 radical (unpaired) electrons. The number of nitrogens with zero attached hydrogens (tertiary/aromatic N) is 1. The topological polar surface area (TPSA) is 66.8 Å². The highest BCUT2D eigenvalue weighted by Gasteiger charge is 2.39. The lowest BCUT2D eigenvalue weighted by Crippen LogP contribution is -2.41. The summed E-state index contributed by atoms with van der Waals surface area (Å²) in [4.78, 5) is 25.2. The SMILES string of the molecule is COC1CC(CC(=O)O)N(C(=O)C2CCCCC2)C1. The maximum Gasteiger partial charge on any atom is 0.305 e. The van der Waals surface area contributed by atoms with Gasteiger partial charge in [0.05, 0.1) is 12.5 Å². The molecule has 1 aliphatic carbocycles. The minimum Gasteiger partial charge on any atom is -0.481 e.